The first kappa shape index (κ1) is 18.4. The molecule has 0 radical (unpaired) electrons. The van der Waals surface area contributed by atoms with Gasteiger partial charge in [0.15, 0.2) is 5.16 Å². The summed E-state index contributed by atoms with van der Waals surface area (Å²) in [6.07, 6.45) is 2.92. The molecule has 0 saturated heterocycles. The molecule has 138 valence electrons. The van der Waals surface area contributed by atoms with Crippen LogP contribution in [-0.2, 0) is 11.8 Å². The third-order valence-electron chi connectivity index (χ3n) is 3.57. The molecule has 1 aromatic carbocycles. The first-order chi connectivity index (χ1) is 13.0. The monoisotopic (exact) mass is 384 g/mol. The average Bonchev–Trinajstić information content (AvgIpc) is 3.07. The summed E-state index contributed by atoms with van der Waals surface area (Å²) in [5.74, 6) is -0.622. The number of nitrogens with one attached hydrogen (secondary N) is 1. The summed E-state index contributed by atoms with van der Waals surface area (Å²) in [5.41, 5.74) is 6.87. The van der Waals surface area contributed by atoms with Gasteiger partial charge in [-0.1, -0.05) is 0 Å². The van der Waals surface area contributed by atoms with Gasteiger partial charge in [-0.15, -0.1) is 10.2 Å². The van der Waals surface area contributed by atoms with Gasteiger partial charge in [-0.05, 0) is 42.1 Å². The van der Waals surface area contributed by atoms with Crippen molar-refractivity contribution < 1.29 is 14.3 Å². The average molecular weight is 384 g/mol. The first-order valence-corrected chi connectivity index (χ1v) is 8.56. The summed E-state index contributed by atoms with van der Waals surface area (Å²) in [5, 5.41) is 11.2. The Bertz CT molecular complexity index is 987. The predicted octanol–water partition coefficient (Wildman–Crippen LogP) is 1.98. The van der Waals surface area contributed by atoms with Gasteiger partial charge in [-0.3, -0.25) is 4.79 Å². The van der Waals surface area contributed by atoms with Gasteiger partial charge in [0.05, 0.1) is 18.2 Å². The number of nitrogens with two attached hydrogens (primary N) is 1. The molecule has 0 aliphatic carbocycles. The molecular formula is C17H16N6O3S. The predicted molar refractivity (Wildman–Crippen MR) is 99.5 cm³/mol. The summed E-state index contributed by atoms with van der Waals surface area (Å²) in [4.78, 5) is 28.8. The van der Waals surface area contributed by atoms with Crippen LogP contribution in [0.1, 0.15) is 20.7 Å². The fraction of sp³-hybridized carbons (Fsp3) is 0.118. The van der Waals surface area contributed by atoms with Gasteiger partial charge in [0.1, 0.15) is 12.1 Å². The number of aryl methyl sites for hydroxylation is 1. The molecule has 27 heavy (non-hydrogen) atoms. The highest BCUT2D eigenvalue weighted by Crippen LogP contribution is 2.28. The molecule has 0 aliphatic heterocycles. The van der Waals surface area contributed by atoms with E-state index in [9.17, 15) is 9.59 Å². The number of amides is 1. The van der Waals surface area contributed by atoms with Crippen molar-refractivity contribution in [3.05, 3.63) is 54.0 Å². The van der Waals surface area contributed by atoms with Crippen LogP contribution in [0.5, 0.6) is 0 Å². The Morgan fingerprint density at radius 2 is 2.07 bits per heavy atom. The molecule has 2 aromatic heterocycles. The van der Waals surface area contributed by atoms with Crippen LogP contribution >= 0.6 is 11.8 Å². The van der Waals surface area contributed by atoms with Crippen molar-refractivity contribution in [1.29, 1.82) is 0 Å². The Morgan fingerprint density at radius 1 is 1.26 bits per heavy atom. The fourth-order valence-electron chi connectivity index (χ4n) is 2.16. The molecule has 1 amide bonds. The summed E-state index contributed by atoms with van der Waals surface area (Å²) in [6, 6.07) is 8.15. The van der Waals surface area contributed by atoms with Crippen molar-refractivity contribution >= 4 is 35.1 Å². The number of hydrogen-bond donors (Lipinski definition) is 2. The molecule has 0 saturated carbocycles. The molecule has 0 spiro atoms. The summed E-state index contributed by atoms with van der Waals surface area (Å²) in [7, 11) is 3.11. The number of benzene rings is 1. The molecule has 9 nitrogen and oxygen atoms in total. The van der Waals surface area contributed by atoms with E-state index in [1.54, 1.807) is 29.1 Å². The minimum Gasteiger partial charge on any atom is -0.465 e. The van der Waals surface area contributed by atoms with Gasteiger partial charge in [-0.25, -0.2) is 9.78 Å². The van der Waals surface area contributed by atoms with Crippen molar-refractivity contribution in [2.75, 3.05) is 18.2 Å². The number of anilines is 2. The Balaban J connectivity index is 1.77. The Morgan fingerprint density at radius 3 is 2.70 bits per heavy atom. The van der Waals surface area contributed by atoms with Crippen molar-refractivity contribution in [3.8, 4) is 0 Å². The number of carbonyl (C=O) groups excluding carboxylic acids is 2. The lowest BCUT2D eigenvalue weighted by Gasteiger charge is -2.09. The van der Waals surface area contributed by atoms with E-state index in [1.165, 1.54) is 37.2 Å². The molecule has 10 heteroatoms. The topological polar surface area (TPSA) is 125 Å². The van der Waals surface area contributed by atoms with Gasteiger partial charge >= 0.3 is 5.97 Å². The number of methoxy groups -OCH3 is 1. The molecule has 2 heterocycles. The largest absolute Gasteiger partial charge is 0.465 e. The smallest absolute Gasteiger partial charge is 0.339 e. The maximum atomic E-state index is 12.6. The lowest BCUT2D eigenvalue weighted by Crippen LogP contribution is -2.15. The van der Waals surface area contributed by atoms with Crippen LogP contribution < -0.4 is 11.1 Å². The SMILES string of the molecule is COC(=O)c1ccc(NC(=O)c2cc(Sc3nncn3C)ccc2N)nc1. The third-order valence-corrected chi connectivity index (χ3v) is 4.62. The molecule has 0 atom stereocenters. The Hall–Kier alpha value is -3.40. The second-order valence-electron chi connectivity index (χ2n) is 5.45. The Labute approximate surface area is 159 Å². The highest BCUT2D eigenvalue weighted by atomic mass is 32.2. The summed E-state index contributed by atoms with van der Waals surface area (Å²) in [6.45, 7) is 0. The Kier molecular flexibility index (Phi) is 5.36. The maximum absolute atomic E-state index is 12.6. The first-order valence-electron chi connectivity index (χ1n) is 7.75. The van der Waals surface area contributed by atoms with E-state index in [-0.39, 0.29) is 5.56 Å². The van der Waals surface area contributed by atoms with Crippen LogP contribution in [0.15, 0.2) is 52.9 Å². The molecule has 3 N–H and O–H groups in total. The zero-order chi connectivity index (χ0) is 19.4. The van der Waals surface area contributed by atoms with E-state index in [0.29, 0.717) is 22.2 Å². The van der Waals surface area contributed by atoms with Gasteiger partial charge in [0.2, 0.25) is 0 Å². The number of carbonyl (C=O) groups is 2. The molecular weight excluding hydrogens is 368 g/mol. The molecule has 3 rings (SSSR count). The van der Waals surface area contributed by atoms with E-state index in [1.807, 2.05) is 7.05 Å². The number of nitrogen functional groups attached to an aromatic ring is 1. The highest BCUT2D eigenvalue weighted by molar-refractivity contribution is 7.99. The lowest BCUT2D eigenvalue weighted by molar-refractivity contribution is 0.0600. The second-order valence-corrected chi connectivity index (χ2v) is 6.49. The van der Waals surface area contributed by atoms with Gasteiger partial charge in [-0.2, -0.15) is 0 Å². The molecule has 0 fully saturated rings. The van der Waals surface area contributed by atoms with Crippen LogP contribution in [0.3, 0.4) is 0 Å². The number of ether oxygens (including phenoxy) is 1. The van der Waals surface area contributed by atoms with Crippen molar-refractivity contribution in [3.63, 3.8) is 0 Å². The minimum atomic E-state index is -0.502. The zero-order valence-corrected chi connectivity index (χ0v) is 15.4. The molecule has 3 aromatic rings. The number of esters is 1. The van der Waals surface area contributed by atoms with Crippen molar-refractivity contribution in [2.24, 2.45) is 7.05 Å². The fourth-order valence-corrected chi connectivity index (χ4v) is 2.96. The van der Waals surface area contributed by atoms with Gasteiger partial charge in [0, 0.05) is 23.8 Å². The van der Waals surface area contributed by atoms with E-state index in [2.05, 4.69) is 25.2 Å². The van der Waals surface area contributed by atoms with Crippen molar-refractivity contribution in [2.45, 2.75) is 10.1 Å². The van der Waals surface area contributed by atoms with Crippen LogP contribution in [-0.4, -0.2) is 38.7 Å². The van der Waals surface area contributed by atoms with Crippen molar-refractivity contribution in [1.82, 2.24) is 19.7 Å². The lowest BCUT2D eigenvalue weighted by atomic mass is 10.1. The summed E-state index contributed by atoms with van der Waals surface area (Å²) >= 11 is 1.36. The van der Waals surface area contributed by atoms with Crippen LogP contribution in [0.25, 0.3) is 0 Å². The summed E-state index contributed by atoms with van der Waals surface area (Å²) < 4.78 is 6.38. The van der Waals surface area contributed by atoms with E-state index < -0.39 is 11.9 Å². The van der Waals surface area contributed by atoms with Crippen LogP contribution in [0, 0.1) is 0 Å². The highest BCUT2D eigenvalue weighted by Gasteiger charge is 2.14. The quantitative estimate of drug-likeness (QED) is 0.505. The third kappa shape index (κ3) is 4.23. The number of aromatic nitrogens is 4. The van der Waals surface area contributed by atoms with E-state index in [0.717, 1.165) is 4.90 Å². The number of rotatable bonds is 5. The number of pyridine rings is 1. The van der Waals surface area contributed by atoms with E-state index in [4.69, 9.17) is 5.73 Å². The molecule has 0 unspecified atom stereocenters. The number of hydrogen-bond acceptors (Lipinski definition) is 8. The maximum Gasteiger partial charge on any atom is 0.339 e. The van der Waals surface area contributed by atoms with Gasteiger partial charge < -0.3 is 20.4 Å². The molecule has 0 bridgehead atoms. The normalized spacial score (nSPS) is 10.4. The zero-order valence-electron chi connectivity index (χ0n) is 14.5. The standard InChI is InChI=1S/C17H16N6O3S/c1-23-9-20-22-17(23)27-11-4-5-13(18)12(7-11)15(24)21-14-6-3-10(8-19-14)16(25)26-2/h3-9H,18H2,1-2H3,(H,19,21,24). The molecule has 0 aliphatic rings. The number of nitrogens with zero attached hydrogens (tertiary/aromatic N) is 4. The van der Waals surface area contributed by atoms with Crippen LogP contribution in [0.2, 0.25) is 0 Å². The minimum absolute atomic E-state index is 0.289. The second kappa shape index (κ2) is 7.87. The van der Waals surface area contributed by atoms with E-state index >= 15 is 0 Å². The van der Waals surface area contributed by atoms with Gasteiger partial charge in [0.25, 0.3) is 5.91 Å². The van der Waals surface area contributed by atoms with Crippen LogP contribution in [0.4, 0.5) is 11.5 Å².